The Hall–Kier alpha value is -2.73. The van der Waals surface area contributed by atoms with Crippen molar-refractivity contribution in [3.8, 4) is 17.0 Å². The third-order valence-electron chi connectivity index (χ3n) is 3.84. The molecule has 124 valence electrons. The molecule has 0 aliphatic heterocycles. The van der Waals surface area contributed by atoms with Gasteiger partial charge in [-0.05, 0) is 36.4 Å². The third kappa shape index (κ3) is 2.88. The molecule has 1 N–H and O–H groups in total. The Morgan fingerprint density at radius 1 is 1.00 bits per heavy atom. The average molecular weight is 342 g/mol. The average Bonchev–Trinajstić information content (AvgIpc) is 3.15. The highest BCUT2D eigenvalue weighted by Crippen LogP contribution is 2.32. The number of nitrogens with zero attached hydrogens (tertiary/aromatic N) is 1. The first kappa shape index (κ1) is 16.1. The molecule has 0 bridgehead atoms. The fourth-order valence-corrected chi connectivity index (χ4v) is 3.70. The molecular formula is C18H18N2O3S. The molecule has 3 rings (SSSR count). The number of aromatic amines is 1. The van der Waals surface area contributed by atoms with Crippen molar-refractivity contribution in [2.24, 2.45) is 0 Å². The van der Waals surface area contributed by atoms with Crippen LogP contribution >= 0.6 is 0 Å². The first-order chi connectivity index (χ1) is 11.5. The lowest BCUT2D eigenvalue weighted by atomic mass is 10.1. The quantitative estimate of drug-likeness (QED) is 0.772. The van der Waals surface area contributed by atoms with Crippen LogP contribution in [-0.4, -0.2) is 27.6 Å². The summed E-state index contributed by atoms with van der Waals surface area (Å²) >= 11 is 0. The van der Waals surface area contributed by atoms with Gasteiger partial charge in [-0.1, -0.05) is 18.2 Å². The van der Waals surface area contributed by atoms with Gasteiger partial charge in [0, 0.05) is 30.6 Å². The molecule has 0 aliphatic carbocycles. The summed E-state index contributed by atoms with van der Waals surface area (Å²) in [4.78, 5) is 3.28. The maximum absolute atomic E-state index is 12.9. The smallest absolute Gasteiger partial charge is 0.264 e. The molecule has 0 unspecified atom stereocenters. The SMILES string of the molecule is COc1cc(S(=O)(=O)N(C)c2ccccc2)ccc1-c1ccc[nH]1. The molecule has 0 spiro atoms. The lowest BCUT2D eigenvalue weighted by molar-refractivity contribution is 0.415. The standard InChI is InChI=1S/C18H18N2O3S/c1-20(14-7-4-3-5-8-14)24(21,22)15-10-11-16(18(13-15)23-2)17-9-6-12-19-17/h3-13,19H,1-2H3. The summed E-state index contributed by atoms with van der Waals surface area (Å²) < 4.78 is 32.4. The number of H-pyrrole nitrogens is 1. The molecule has 0 fully saturated rings. The fraction of sp³-hybridized carbons (Fsp3) is 0.111. The predicted molar refractivity (Wildman–Crippen MR) is 94.8 cm³/mol. The van der Waals surface area contributed by atoms with Crippen molar-refractivity contribution in [2.45, 2.75) is 4.90 Å². The molecule has 2 aromatic carbocycles. The van der Waals surface area contributed by atoms with Crippen molar-refractivity contribution in [3.63, 3.8) is 0 Å². The van der Waals surface area contributed by atoms with Gasteiger partial charge >= 0.3 is 0 Å². The van der Waals surface area contributed by atoms with Crippen LogP contribution in [0.3, 0.4) is 0 Å². The number of sulfonamides is 1. The van der Waals surface area contributed by atoms with Gasteiger partial charge in [-0.2, -0.15) is 0 Å². The molecule has 3 aromatic rings. The van der Waals surface area contributed by atoms with E-state index in [1.54, 1.807) is 42.5 Å². The van der Waals surface area contributed by atoms with Crippen molar-refractivity contribution in [1.82, 2.24) is 4.98 Å². The molecular weight excluding hydrogens is 324 g/mol. The fourth-order valence-electron chi connectivity index (χ4n) is 2.49. The summed E-state index contributed by atoms with van der Waals surface area (Å²) in [5.41, 5.74) is 2.28. The number of anilines is 1. The molecule has 0 saturated heterocycles. The zero-order valence-corrected chi connectivity index (χ0v) is 14.2. The van der Waals surface area contributed by atoms with Crippen LogP contribution in [0.5, 0.6) is 5.75 Å². The molecule has 0 amide bonds. The summed E-state index contributed by atoms with van der Waals surface area (Å²) in [5.74, 6) is 0.500. The van der Waals surface area contributed by atoms with Gasteiger partial charge in [-0.15, -0.1) is 0 Å². The van der Waals surface area contributed by atoms with Gasteiger partial charge in [0.15, 0.2) is 0 Å². The van der Waals surface area contributed by atoms with Crippen molar-refractivity contribution in [1.29, 1.82) is 0 Å². The van der Waals surface area contributed by atoms with Crippen molar-refractivity contribution >= 4 is 15.7 Å². The van der Waals surface area contributed by atoms with Gasteiger partial charge in [-0.3, -0.25) is 4.31 Å². The Morgan fingerprint density at radius 2 is 1.75 bits per heavy atom. The zero-order valence-electron chi connectivity index (χ0n) is 13.4. The molecule has 0 aliphatic rings. The Kier molecular flexibility index (Phi) is 4.31. The van der Waals surface area contributed by atoms with E-state index in [4.69, 9.17) is 4.74 Å². The van der Waals surface area contributed by atoms with E-state index in [0.29, 0.717) is 11.4 Å². The first-order valence-corrected chi connectivity index (χ1v) is 8.84. The number of benzene rings is 2. The van der Waals surface area contributed by atoms with Gasteiger partial charge in [0.2, 0.25) is 0 Å². The van der Waals surface area contributed by atoms with Crippen molar-refractivity contribution in [2.75, 3.05) is 18.5 Å². The normalized spacial score (nSPS) is 11.2. The van der Waals surface area contributed by atoms with E-state index >= 15 is 0 Å². The van der Waals surface area contributed by atoms with Gasteiger partial charge < -0.3 is 9.72 Å². The largest absolute Gasteiger partial charge is 0.496 e. The Balaban J connectivity index is 2.03. The van der Waals surface area contributed by atoms with Gasteiger partial charge in [-0.25, -0.2) is 8.42 Å². The number of hydrogen-bond acceptors (Lipinski definition) is 3. The maximum Gasteiger partial charge on any atom is 0.264 e. The van der Waals surface area contributed by atoms with Gasteiger partial charge in [0.1, 0.15) is 5.75 Å². The number of ether oxygens (including phenoxy) is 1. The number of rotatable bonds is 5. The highest BCUT2D eigenvalue weighted by molar-refractivity contribution is 7.92. The second-order valence-electron chi connectivity index (χ2n) is 5.25. The molecule has 0 atom stereocenters. The topological polar surface area (TPSA) is 62.4 Å². The second-order valence-corrected chi connectivity index (χ2v) is 7.22. The van der Waals surface area contributed by atoms with E-state index in [-0.39, 0.29) is 4.90 Å². The minimum atomic E-state index is -3.67. The lowest BCUT2D eigenvalue weighted by Gasteiger charge is -2.20. The van der Waals surface area contributed by atoms with E-state index in [1.165, 1.54) is 18.5 Å². The minimum absolute atomic E-state index is 0.181. The summed E-state index contributed by atoms with van der Waals surface area (Å²) in [7, 11) is -0.602. The Morgan fingerprint density at radius 3 is 2.38 bits per heavy atom. The summed E-state index contributed by atoms with van der Waals surface area (Å²) in [6.45, 7) is 0. The highest BCUT2D eigenvalue weighted by atomic mass is 32.2. The molecule has 6 heteroatoms. The number of methoxy groups -OCH3 is 1. The van der Waals surface area contributed by atoms with Crippen LogP contribution in [0.1, 0.15) is 0 Å². The van der Waals surface area contributed by atoms with Crippen LogP contribution in [0.25, 0.3) is 11.3 Å². The molecule has 0 radical (unpaired) electrons. The maximum atomic E-state index is 12.9. The number of para-hydroxylation sites is 1. The monoisotopic (exact) mass is 342 g/mol. The van der Waals surface area contributed by atoms with E-state index in [2.05, 4.69) is 4.98 Å². The van der Waals surface area contributed by atoms with Crippen molar-refractivity contribution < 1.29 is 13.2 Å². The van der Waals surface area contributed by atoms with Gasteiger partial charge in [0.05, 0.1) is 17.7 Å². The lowest BCUT2D eigenvalue weighted by Crippen LogP contribution is -2.26. The Bertz CT molecular complexity index is 920. The van der Waals surface area contributed by atoms with E-state index in [0.717, 1.165) is 11.3 Å². The number of hydrogen-bond donors (Lipinski definition) is 1. The van der Waals surface area contributed by atoms with Crippen LogP contribution < -0.4 is 9.04 Å². The first-order valence-electron chi connectivity index (χ1n) is 7.40. The van der Waals surface area contributed by atoms with E-state index < -0.39 is 10.0 Å². The molecule has 5 nitrogen and oxygen atoms in total. The second kappa shape index (κ2) is 6.41. The summed E-state index contributed by atoms with van der Waals surface area (Å²) in [6.07, 6.45) is 1.81. The van der Waals surface area contributed by atoms with Crippen LogP contribution in [0, 0.1) is 0 Å². The van der Waals surface area contributed by atoms with Crippen LogP contribution in [0.2, 0.25) is 0 Å². The Labute approximate surface area is 141 Å². The van der Waals surface area contributed by atoms with E-state index in [1.807, 2.05) is 24.4 Å². The predicted octanol–water partition coefficient (Wildman–Crippen LogP) is 3.52. The molecule has 1 heterocycles. The molecule has 1 aromatic heterocycles. The number of nitrogens with one attached hydrogen (secondary N) is 1. The summed E-state index contributed by atoms with van der Waals surface area (Å²) in [6, 6.07) is 17.6. The summed E-state index contributed by atoms with van der Waals surface area (Å²) in [5, 5.41) is 0. The molecule has 0 saturated carbocycles. The highest BCUT2D eigenvalue weighted by Gasteiger charge is 2.23. The van der Waals surface area contributed by atoms with Crippen LogP contribution in [0.15, 0.2) is 71.8 Å². The zero-order chi connectivity index (χ0) is 17.2. The minimum Gasteiger partial charge on any atom is -0.496 e. The van der Waals surface area contributed by atoms with Gasteiger partial charge in [0.25, 0.3) is 10.0 Å². The third-order valence-corrected chi connectivity index (χ3v) is 5.62. The van der Waals surface area contributed by atoms with Crippen LogP contribution in [0.4, 0.5) is 5.69 Å². The van der Waals surface area contributed by atoms with Crippen molar-refractivity contribution in [3.05, 3.63) is 66.9 Å². The van der Waals surface area contributed by atoms with E-state index in [9.17, 15) is 8.42 Å². The van der Waals surface area contributed by atoms with Crippen LogP contribution in [-0.2, 0) is 10.0 Å². The molecule has 24 heavy (non-hydrogen) atoms. The number of aromatic nitrogens is 1.